The van der Waals surface area contributed by atoms with Crippen LogP contribution in [0.25, 0.3) is 22.0 Å². The molecule has 2 aromatic heterocycles. The molecular formula is C38H43F3N4O5. The van der Waals surface area contributed by atoms with Gasteiger partial charge in [-0.2, -0.15) is 0 Å². The molecule has 1 amide bonds. The van der Waals surface area contributed by atoms with Crippen LogP contribution in [0, 0.1) is 12.7 Å². The predicted octanol–water partition coefficient (Wildman–Crippen LogP) is 6.54. The maximum absolute atomic E-state index is 15.7. The van der Waals surface area contributed by atoms with Gasteiger partial charge in [0.05, 0.1) is 29.4 Å². The van der Waals surface area contributed by atoms with Crippen LogP contribution in [0.1, 0.15) is 72.8 Å². The molecule has 0 spiro atoms. The summed E-state index contributed by atoms with van der Waals surface area (Å²) in [5.74, 6) is -6.23. The molecule has 2 atom stereocenters. The largest absolute Gasteiger partial charge is 0.480 e. The van der Waals surface area contributed by atoms with Crippen LogP contribution in [0.3, 0.4) is 0 Å². The molecule has 4 aromatic rings. The number of alkyl halides is 2. The topological polar surface area (TPSA) is 114 Å². The molecular weight excluding hydrogens is 649 g/mol. The average Bonchev–Trinajstić information content (AvgIpc) is 3.07. The van der Waals surface area contributed by atoms with E-state index >= 15 is 13.2 Å². The Kier molecular flexibility index (Phi) is 11.0. The summed E-state index contributed by atoms with van der Waals surface area (Å²) in [4.78, 5) is 46.2. The van der Waals surface area contributed by atoms with E-state index in [0.717, 1.165) is 0 Å². The summed E-state index contributed by atoms with van der Waals surface area (Å²) < 4.78 is 53.7. The number of carbonyl (C=O) groups is 2. The number of pyridine rings is 2. The zero-order chi connectivity index (χ0) is 36.3. The first-order valence-corrected chi connectivity index (χ1v) is 17.0. The van der Waals surface area contributed by atoms with Crippen molar-refractivity contribution < 1.29 is 32.6 Å². The van der Waals surface area contributed by atoms with E-state index in [1.54, 1.807) is 38.1 Å². The van der Waals surface area contributed by atoms with Crippen LogP contribution < -0.4 is 15.8 Å². The number of carbonyl (C=O) groups excluding carboxylic acids is 1. The van der Waals surface area contributed by atoms with E-state index in [9.17, 15) is 19.5 Å². The molecule has 1 aliphatic rings. The summed E-state index contributed by atoms with van der Waals surface area (Å²) in [5, 5.41) is 13.2. The zero-order valence-electron chi connectivity index (χ0n) is 29.0. The molecule has 0 radical (unpaired) electrons. The number of fused-ring (bicyclic) bond motifs is 1. The summed E-state index contributed by atoms with van der Waals surface area (Å²) in [6.07, 6.45) is 1.99. The van der Waals surface area contributed by atoms with Crippen molar-refractivity contribution in [2.24, 2.45) is 7.05 Å². The second-order valence-electron chi connectivity index (χ2n) is 13.0. The molecule has 1 saturated heterocycles. The van der Waals surface area contributed by atoms with Gasteiger partial charge in [0, 0.05) is 67.1 Å². The van der Waals surface area contributed by atoms with E-state index in [4.69, 9.17) is 4.74 Å². The molecule has 3 heterocycles. The molecule has 2 N–H and O–H groups in total. The van der Waals surface area contributed by atoms with Gasteiger partial charge in [-0.1, -0.05) is 44.9 Å². The number of hydrogen-bond acceptors (Lipinski definition) is 6. The van der Waals surface area contributed by atoms with E-state index in [1.165, 1.54) is 36.0 Å². The number of rotatable bonds is 12. The molecule has 50 heavy (non-hydrogen) atoms. The van der Waals surface area contributed by atoms with Crippen molar-refractivity contribution in [3.8, 4) is 11.1 Å². The summed E-state index contributed by atoms with van der Waals surface area (Å²) in [6.45, 7) is 8.71. The van der Waals surface area contributed by atoms with Crippen molar-refractivity contribution in [2.75, 3.05) is 24.6 Å². The Bertz CT molecular complexity index is 1980. The third-order valence-corrected chi connectivity index (χ3v) is 9.29. The fourth-order valence-electron chi connectivity index (χ4n) is 6.68. The fourth-order valence-corrected chi connectivity index (χ4v) is 6.68. The maximum Gasteiger partial charge on any atom is 0.326 e. The first-order chi connectivity index (χ1) is 23.8. The van der Waals surface area contributed by atoms with Gasteiger partial charge in [0.15, 0.2) is 0 Å². The van der Waals surface area contributed by atoms with Crippen molar-refractivity contribution in [1.29, 1.82) is 0 Å². The third-order valence-electron chi connectivity index (χ3n) is 9.29. The smallest absolute Gasteiger partial charge is 0.326 e. The van der Waals surface area contributed by atoms with Crippen molar-refractivity contribution in [1.82, 2.24) is 14.9 Å². The summed E-state index contributed by atoms with van der Waals surface area (Å²) in [5.41, 5.74) is 0.961. The van der Waals surface area contributed by atoms with Crippen molar-refractivity contribution >= 4 is 28.5 Å². The standard InChI is InChI=1S/C38H43F3N4O5/c1-6-9-25-18-26(45-15-16-50-23(4)21-45)20-30(39)32(25)35(46)43-31(37(48)49)19-24-11-12-28(34-27(24)10-8-14-42-34)33-29(38(40,41)13-7-2)17-22(3)44(5)36(33)47/h8,10-12,14,17-18,20,23,31H,6-7,9,13,15-16,19,21H2,1-5H3,(H,43,46)(H,48,49)/t23-,31-/m0/s1. The Morgan fingerprint density at radius 3 is 2.58 bits per heavy atom. The molecule has 266 valence electrons. The summed E-state index contributed by atoms with van der Waals surface area (Å²) in [7, 11) is 1.51. The van der Waals surface area contributed by atoms with Crippen molar-refractivity contribution in [3.05, 3.63) is 92.8 Å². The maximum atomic E-state index is 15.7. The van der Waals surface area contributed by atoms with Crippen LogP contribution in [0.4, 0.5) is 18.9 Å². The normalized spacial score (nSPS) is 15.7. The Balaban J connectivity index is 1.52. The highest BCUT2D eigenvalue weighted by Crippen LogP contribution is 2.40. The molecule has 0 saturated carbocycles. The minimum atomic E-state index is -3.29. The van der Waals surface area contributed by atoms with E-state index in [2.05, 4.69) is 10.3 Å². The summed E-state index contributed by atoms with van der Waals surface area (Å²) >= 11 is 0. The van der Waals surface area contributed by atoms with Gasteiger partial charge < -0.3 is 24.6 Å². The average molecular weight is 693 g/mol. The molecule has 1 aliphatic heterocycles. The number of morpholine rings is 1. The molecule has 9 nitrogen and oxygen atoms in total. The SMILES string of the molecule is CCCc1cc(N2CCO[C@@H](C)C2)cc(F)c1C(=O)N[C@@H](Cc1ccc(-c2c(C(F)(F)CCC)cc(C)n(C)c2=O)c2ncccc12)C(=O)O. The van der Waals surface area contributed by atoms with Crippen LogP contribution in [0.15, 0.2) is 53.5 Å². The lowest BCUT2D eigenvalue weighted by Gasteiger charge is -2.33. The van der Waals surface area contributed by atoms with Crippen LogP contribution in [-0.2, 0) is 35.3 Å². The van der Waals surface area contributed by atoms with Crippen LogP contribution in [0.2, 0.25) is 0 Å². The Morgan fingerprint density at radius 2 is 1.90 bits per heavy atom. The Labute approximate surface area is 289 Å². The minimum absolute atomic E-state index is 0.0348. The second kappa shape index (κ2) is 15.0. The monoisotopic (exact) mass is 692 g/mol. The molecule has 2 aromatic carbocycles. The minimum Gasteiger partial charge on any atom is -0.480 e. The van der Waals surface area contributed by atoms with E-state index in [1.807, 2.05) is 18.7 Å². The fraction of sp³-hybridized carbons (Fsp3) is 0.421. The van der Waals surface area contributed by atoms with Gasteiger partial charge in [0.2, 0.25) is 0 Å². The van der Waals surface area contributed by atoms with Crippen LogP contribution in [0.5, 0.6) is 0 Å². The highest BCUT2D eigenvalue weighted by molar-refractivity contribution is 5.99. The second-order valence-corrected chi connectivity index (χ2v) is 13.0. The molecule has 0 aliphatic carbocycles. The van der Waals surface area contributed by atoms with Gasteiger partial charge in [0.25, 0.3) is 17.4 Å². The number of anilines is 1. The third kappa shape index (κ3) is 7.40. The number of halogens is 3. The van der Waals surface area contributed by atoms with E-state index < -0.39 is 47.2 Å². The molecule has 5 rings (SSSR count). The number of amides is 1. The number of nitrogens with zero attached hydrogens (tertiary/aromatic N) is 3. The molecule has 12 heteroatoms. The van der Waals surface area contributed by atoms with Crippen molar-refractivity contribution in [3.63, 3.8) is 0 Å². The van der Waals surface area contributed by atoms with Crippen LogP contribution >= 0.6 is 0 Å². The highest BCUT2D eigenvalue weighted by atomic mass is 19.3. The van der Waals surface area contributed by atoms with Gasteiger partial charge in [-0.15, -0.1) is 0 Å². The van der Waals surface area contributed by atoms with Gasteiger partial charge >= 0.3 is 5.97 Å². The van der Waals surface area contributed by atoms with Gasteiger partial charge in [-0.3, -0.25) is 14.6 Å². The Hall–Kier alpha value is -4.71. The number of benzene rings is 2. The van der Waals surface area contributed by atoms with E-state index in [0.29, 0.717) is 60.4 Å². The Morgan fingerprint density at radius 1 is 1.14 bits per heavy atom. The molecule has 0 bridgehead atoms. The highest BCUT2D eigenvalue weighted by Gasteiger charge is 2.36. The quantitative estimate of drug-likeness (QED) is 0.173. The number of ether oxygens (including phenoxy) is 1. The number of carboxylic acids is 1. The lowest BCUT2D eigenvalue weighted by atomic mass is 9.90. The molecule has 1 fully saturated rings. The summed E-state index contributed by atoms with van der Waals surface area (Å²) in [6, 6.07) is 9.26. The predicted molar refractivity (Wildman–Crippen MR) is 187 cm³/mol. The number of hydrogen-bond donors (Lipinski definition) is 2. The molecule has 0 unspecified atom stereocenters. The van der Waals surface area contributed by atoms with Gasteiger partial charge in [-0.05, 0) is 55.7 Å². The van der Waals surface area contributed by atoms with Gasteiger partial charge in [0.1, 0.15) is 11.9 Å². The lowest BCUT2D eigenvalue weighted by molar-refractivity contribution is -0.139. The first kappa shape index (κ1) is 36.6. The first-order valence-electron chi connectivity index (χ1n) is 17.0. The number of aryl methyl sites for hydroxylation is 2. The number of carboxylic acid groups (broad SMARTS) is 1. The zero-order valence-corrected chi connectivity index (χ0v) is 29.0. The van der Waals surface area contributed by atoms with Gasteiger partial charge in [-0.25, -0.2) is 18.0 Å². The number of aliphatic carboxylic acids is 1. The number of aromatic nitrogens is 2. The number of nitrogens with one attached hydrogen (secondary N) is 1. The van der Waals surface area contributed by atoms with E-state index in [-0.39, 0.29) is 41.2 Å². The van der Waals surface area contributed by atoms with Crippen molar-refractivity contribution in [2.45, 2.75) is 77.9 Å². The van der Waals surface area contributed by atoms with Crippen LogP contribution in [-0.4, -0.2) is 58.4 Å². The lowest BCUT2D eigenvalue weighted by Crippen LogP contribution is -2.43.